The normalized spacial score (nSPS) is 14.2. The summed E-state index contributed by atoms with van der Waals surface area (Å²) in [4.78, 5) is 11.9. The van der Waals surface area contributed by atoms with E-state index in [0.717, 1.165) is 35.4 Å². The fourth-order valence-corrected chi connectivity index (χ4v) is 3.02. The van der Waals surface area contributed by atoms with Gasteiger partial charge < -0.3 is 9.30 Å². The Bertz CT molecular complexity index is 660. The van der Waals surface area contributed by atoms with Crippen LogP contribution in [0.5, 0.6) is 5.75 Å². The predicted molar refractivity (Wildman–Crippen MR) is 78.8 cm³/mol. The second-order valence-electron chi connectivity index (χ2n) is 5.00. The standard InChI is InChI=1S/C16H16ClNO2/c1-20-16-7-2-4-13(17)12(16)10-18-9-8-11-14(18)5-3-6-15(11)19/h2,4,7-9H,3,5-6,10H2,1H3. The molecule has 0 unspecified atom stereocenters. The van der Waals surface area contributed by atoms with Crippen molar-refractivity contribution < 1.29 is 9.53 Å². The highest BCUT2D eigenvalue weighted by molar-refractivity contribution is 6.31. The van der Waals surface area contributed by atoms with E-state index in [1.165, 1.54) is 0 Å². The number of hydrogen-bond donors (Lipinski definition) is 0. The maximum atomic E-state index is 11.9. The van der Waals surface area contributed by atoms with Gasteiger partial charge in [-0.15, -0.1) is 0 Å². The molecule has 0 bridgehead atoms. The van der Waals surface area contributed by atoms with Crippen molar-refractivity contribution in [2.24, 2.45) is 0 Å². The van der Waals surface area contributed by atoms with Gasteiger partial charge in [-0.05, 0) is 31.0 Å². The van der Waals surface area contributed by atoms with Crippen LogP contribution in [0.3, 0.4) is 0 Å². The van der Waals surface area contributed by atoms with Gasteiger partial charge in [0.05, 0.1) is 13.7 Å². The first kappa shape index (κ1) is 13.3. The number of carbonyl (C=O) groups excluding carboxylic acids is 1. The molecule has 2 aromatic rings. The number of ether oxygens (including phenoxy) is 1. The van der Waals surface area contributed by atoms with Gasteiger partial charge in [-0.2, -0.15) is 0 Å². The molecule has 0 spiro atoms. The highest BCUT2D eigenvalue weighted by atomic mass is 35.5. The number of hydrogen-bond acceptors (Lipinski definition) is 2. The van der Waals surface area contributed by atoms with E-state index >= 15 is 0 Å². The first-order valence-electron chi connectivity index (χ1n) is 6.73. The number of Topliss-reactive ketones (excluding diaryl/α,β-unsaturated/α-hetero) is 1. The lowest BCUT2D eigenvalue weighted by Crippen LogP contribution is -2.13. The minimum Gasteiger partial charge on any atom is -0.496 e. The van der Waals surface area contributed by atoms with Crippen LogP contribution < -0.4 is 4.74 Å². The molecule has 1 heterocycles. The van der Waals surface area contributed by atoms with Crippen molar-refractivity contribution in [3.05, 3.63) is 52.3 Å². The summed E-state index contributed by atoms with van der Waals surface area (Å²) in [5, 5.41) is 0.689. The molecule has 1 aliphatic rings. The smallest absolute Gasteiger partial charge is 0.164 e. The highest BCUT2D eigenvalue weighted by Crippen LogP contribution is 2.29. The molecule has 3 nitrogen and oxygen atoms in total. The Morgan fingerprint density at radius 3 is 2.95 bits per heavy atom. The molecular formula is C16H16ClNO2. The molecule has 1 aromatic heterocycles. The maximum absolute atomic E-state index is 11.9. The number of nitrogens with zero attached hydrogens (tertiary/aromatic N) is 1. The summed E-state index contributed by atoms with van der Waals surface area (Å²) < 4.78 is 7.48. The Hall–Kier alpha value is -1.74. The SMILES string of the molecule is COc1cccc(Cl)c1Cn1ccc2c1CCCC2=O. The summed E-state index contributed by atoms with van der Waals surface area (Å²) >= 11 is 6.28. The van der Waals surface area contributed by atoms with Crippen LogP contribution in [0.15, 0.2) is 30.5 Å². The average molecular weight is 290 g/mol. The second-order valence-corrected chi connectivity index (χ2v) is 5.41. The van der Waals surface area contributed by atoms with E-state index in [9.17, 15) is 4.79 Å². The Balaban J connectivity index is 1.99. The van der Waals surface area contributed by atoms with Gasteiger partial charge in [-0.3, -0.25) is 4.79 Å². The molecule has 0 amide bonds. The van der Waals surface area contributed by atoms with Gasteiger partial charge in [0.2, 0.25) is 0 Å². The zero-order valence-corrected chi connectivity index (χ0v) is 12.1. The van der Waals surface area contributed by atoms with Crippen molar-refractivity contribution in [1.82, 2.24) is 4.57 Å². The number of aromatic nitrogens is 1. The summed E-state index contributed by atoms with van der Waals surface area (Å²) in [6, 6.07) is 7.56. The molecule has 0 aliphatic heterocycles. The van der Waals surface area contributed by atoms with Gasteiger partial charge >= 0.3 is 0 Å². The summed E-state index contributed by atoms with van der Waals surface area (Å²) in [6.45, 7) is 0.630. The quantitative estimate of drug-likeness (QED) is 0.862. The van der Waals surface area contributed by atoms with Gasteiger partial charge in [0.25, 0.3) is 0 Å². The lowest BCUT2D eigenvalue weighted by atomic mass is 9.97. The number of benzene rings is 1. The predicted octanol–water partition coefficient (Wildman–Crippen LogP) is 3.72. The first-order chi connectivity index (χ1) is 9.70. The van der Waals surface area contributed by atoms with Crippen molar-refractivity contribution in [3.63, 3.8) is 0 Å². The van der Waals surface area contributed by atoms with Gasteiger partial charge in [0.1, 0.15) is 5.75 Å². The zero-order valence-electron chi connectivity index (χ0n) is 11.4. The number of fused-ring (bicyclic) bond motifs is 1. The van der Waals surface area contributed by atoms with E-state index in [1.54, 1.807) is 7.11 Å². The van der Waals surface area contributed by atoms with E-state index in [2.05, 4.69) is 4.57 Å². The Labute approximate surface area is 123 Å². The van der Waals surface area contributed by atoms with Crippen LogP contribution >= 0.6 is 11.6 Å². The maximum Gasteiger partial charge on any atom is 0.164 e. The lowest BCUT2D eigenvalue weighted by Gasteiger charge is -2.17. The van der Waals surface area contributed by atoms with Crippen molar-refractivity contribution in [1.29, 1.82) is 0 Å². The van der Waals surface area contributed by atoms with Crippen LogP contribution in [0.1, 0.15) is 34.5 Å². The molecule has 0 radical (unpaired) electrons. The van der Waals surface area contributed by atoms with Gasteiger partial charge in [0.15, 0.2) is 5.78 Å². The monoisotopic (exact) mass is 289 g/mol. The summed E-state index contributed by atoms with van der Waals surface area (Å²) in [5.41, 5.74) is 2.93. The fraction of sp³-hybridized carbons (Fsp3) is 0.312. The first-order valence-corrected chi connectivity index (χ1v) is 7.11. The molecule has 3 rings (SSSR count). The Kier molecular flexibility index (Phi) is 3.53. The lowest BCUT2D eigenvalue weighted by molar-refractivity contribution is 0.0972. The van der Waals surface area contributed by atoms with E-state index < -0.39 is 0 Å². The number of carbonyl (C=O) groups is 1. The molecule has 0 saturated carbocycles. The fourth-order valence-electron chi connectivity index (χ4n) is 2.79. The zero-order chi connectivity index (χ0) is 14.1. The molecule has 104 valence electrons. The summed E-state index contributed by atoms with van der Waals surface area (Å²) in [5.74, 6) is 1.03. The number of methoxy groups -OCH3 is 1. The van der Waals surface area contributed by atoms with Crippen LogP contribution in [0.2, 0.25) is 5.02 Å². The highest BCUT2D eigenvalue weighted by Gasteiger charge is 2.21. The average Bonchev–Trinajstić information content (AvgIpc) is 2.86. The third-order valence-electron chi connectivity index (χ3n) is 3.82. The third kappa shape index (κ3) is 2.22. The molecule has 0 N–H and O–H groups in total. The molecule has 0 saturated heterocycles. The van der Waals surface area contributed by atoms with E-state index in [1.807, 2.05) is 30.5 Å². The van der Waals surface area contributed by atoms with Crippen LogP contribution in [0, 0.1) is 0 Å². The molecular weight excluding hydrogens is 274 g/mol. The number of halogens is 1. The molecule has 0 atom stereocenters. The van der Waals surface area contributed by atoms with Gasteiger partial charge in [-0.25, -0.2) is 0 Å². The molecule has 0 fully saturated rings. The van der Waals surface area contributed by atoms with Crippen LogP contribution in [-0.4, -0.2) is 17.5 Å². The van der Waals surface area contributed by atoms with Crippen LogP contribution in [-0.2, 0) is 13.0 Å². The Morgan fingerprint density at radius 1 is 1.30 bits per heavy atom. The van der Waals surface area contributed by atoms with E-state index in [0.29, 0.717) is 18.0 Å². The number of ketones is 1. The van der Waals surface area contributed by atoms with Crippen LogP contribution in [0.4, 0.5) is 0 Å². The van der Waals surface area contributed by atoms with Crippen molar-refractivity contribution in [2.75, 3.05) is 7.11 Å². The van der Waals surface area contributed by atoms with Crippen molar-refractivity contribution >= 4 is 17.4 Å². The Morgan fingerprint density at radius 2 is 2.15 bits per heavy atom. The minimum atomic E-state index is 0.246. The summed E-state index contributed by atoms with van der Waals surface area (Å²) in [6.07, 6.45) is 4.50. The van der Waals surface area contributed by atoms with Crippen molar-refractivity contribution in [2.45, 2.75) is 25.8 Å². The molecule has 1 aliphatic carbocycles. The topological polar surface area (TPSA) is 31.2 Å². The van der Waals surface area contributed by atoms with Gasteiger partial charge in [-0.1, -0.05) is 17.7 Å². The van der Waals surface area contributed by atoms with E-state index in [4.69, 9.17) is 16.3 Å². The van der Waals surface area contributed by atoms with Gasteiger partial charge in [0, 0.05) is 34.5 Å². The number of rotatable bonds is 3. The van der Waals surface area contributed by atoms with Crippen molar-refractivity contribution in [3.8, 4) is 5.75 Å². The van der Waals surface area contributed by atoms with E-state index in [-0.39, 0.29) is 5.78 Å². The largest absolute Gasteiger partial charge is 0.496 e. The molecule has 4 heteroatoms. The third-order valence-corrected chi connectivity index (χ3v) is 4.17. The molecule has 20 heavy (non-hydrogen) atoms. The second kappa shape index (κ2) is 5.33. The minimum absolute atomic E-state index is 0.246. The summed E-state index contributed by atoms with van der Waals surface area (Å²) in [7, 11) is 1.64. The van der Waals surface area contributed by atoms with Crippen LogP contribution in [0.25, 0.3) is 0 Å². The molecule has 1 aromatic carbocycles.